The van der Waals surface area contributed by atoms with E-state index in [1.54, 1.807) is 25.4 Å². The number of rotatable bonds is 8. The summed E-state index contributed by atoms with van der Waals surface area (Å²) in [6.07, 6.45) is 4.51. The van der Waals surface area contributed by atoms with Gasteiger partial charge in [-0.2, -0.15) is 0 Å². The van der Waals surface area contributed by atoms with E-state index in [1.807, 2.05) is 30.0 Å². The Kier molecular flexibility index (Phi) is 7.51. The molecule has 9 rings (SSSR count). The number of methoxy groups -OCH3 is 1. The highest BCUT2D eigenvalue weighted by Crippen LogP contribution is 2.50. The van der Waals surface area contributed by atoms with Gasteiger partial charge in [-0.05, 0) is 85.0 Å². The van der Waals surface area contributed by atoms with Crippen LogP contribution in [0.5, 0.6) is 5.75 Å². The maximum absolute atomic E-state index is 14.5. The van der Waals surface area contributed by atoms with Crippen molar-refractivity contribution < 1.29 is 23.1 Å². The highest BCUT2D eigenvalue weighted by Gasteiger charge is 2.52. The molecule has 1 fully saturated rings. The Balaban J connectivity index is 1.23. The molecule has 0 radical (unpaired) electrons. The molecule has 4 aromatic heterocycles. The van der Waals surface area contributed by atoms with Crippen molar-refractivity contribution in [2.24, 2.45) is 0 Å². The number of anilines is 1. The lowest BCUT2D eigenvalue weighted by molar-refractivity contribution is -0.0416. The van der Waals surface area contributed by atoms with Crippen LogP contribution in [0.25, 0.3) is 32.0 Å². The quantitative estimate of drug-likeness (QED) is 0.184. The molecule has 0 unspecified atom stereocenters. The lowest BCUT2D eigenvalue weighted by atomic mass is 9.90. The van der Waals surface area contributed by atoms with Crippen molar-refractivity contribution in [3.8, 4) is 27.6 Å². The number of hydrogen-bond donors (Lipinski definition) is 2. The van der Waals surface area contributed by atoms with Gasteiger partial charge in [0.25, 0.3) is 11.8 Å². The van der Waals surface area contributed by atoms with Crippen LogP contribution in [0.3, 0.4) is 0 Å². The molecule has 0 saturated carbocycles. The smallest absolute Gasteiger partial charge is 0.434 e. The van der Waals surface area contributed by atoms with Crippen molar-refractivity contribution in [2.75, 3.05) is 32.2 Å². The third kappa shape index (κ3) is 5.13. The number of nitrogens with zero attached hydrogens (tertiary/aromatic N) is 4. The Bertz CT molecular complexity index is 2400. The topological polar surface area (TPSA) is 135 Å². The molecule has 2 N–H and O–H groups in total. The normalized spacial score (nSPS) is 19.3. The molecule has 0 bridgehead atoms. The van der Waals surface area contributed by atoms with Gasteiger partial charge in [0.1, 0.15) is 22.9 Å². The number of carbonyl (C=O) groups is 1. The van der Waals surface area contributed by atoms with E-state index in [0.29, 0.717) is 60.7 Å². The molecular formula is C38H33FN6O5S. The van der Waals surface area contributed by atoms with Crippen LogP contribution in [-0.2, 0) is 29.5 Å². The van der Waals surface area contributed by atoms with Crippen LogP contribution in [-0.4, -0.2) is 57.8 Å². The van der Waals surface area contributed by atoms with E-state index < -0.39 is 11.3 Å². The number of hydrogen-bond acceptors (Lipinski definition) is 10. The number of carbonyl (C=O) groups excluding carboxylic acids is 1. The number of thiophene rings is 1. The van der Waals surface area contributed by atoms with Gasteiger partial charge in [-0.25, -0.2) is 19.3 Å². The summed E-state index contributed by atoms with van der Waals surface area (Å²) < 4.78 is 31.9. The van der Waals surface area contributed by atoms with Crippen LogP contribution < -0.4 is 15.8 Å². The highest BCUT2D eigenvalue weighted by atomic mass is 32.1. The summed E-state index contributed by atoms with van der Waals surface area (Å²) in [5.74, 6) is 0.483. The molecular weight excluding hydrogens is 672 g/mol. The van der Waals surface area contributed by atoms with Gasteiger partial charge < -0.3 is 24.1 Å². The van der Waals surface area contributed by atoms with Gasteiger partial charge in [0, 0.05) is 23.2 Å². The summed E-state index contributed by atoms with van der Waals surface area (Å²) in [5.41, 5.74) is 5.25. The van der Waals surface area contributed by atoms with Crippen molar-refractivity contribution in [1.29, 1.82) is 0 Å². The van der Waals surface area contributed by atoms with Gasteiger partial charge in [-0.15, -0.1) is 16.4 Å². The zero-order valence-electron chi connectivity index (χ0n) is 27.9. The molecule has 1 saturated heterocycles. The number of aryl methyl sites for hydroxylation is 2. The molecule has 6 aromatic rings. The standard InChI is InChI=1S/C38H33FN6O5S/c1-38-19-49-17-16-45(38)36(46)31-30(29(35-43-44-37(47)50-35)26(41-33(31)38)12-8-20-6-9-22(39)10-7-20)28-18-21-14-15-40-34(32(21)51-28)42-25-13-11-24-23(25)4-3-5-27(24)48-2/h3-7,9-10,14-15,18,25H,8,11-13,16-17,19H2,1-2H3,(H,40,42)(H,44,47)/t25-,38+/m0/s1. The Morgan fingerprint density at radius 1 is 1.12 bits per heavy atom. The summed E-state index contributed by atoms with van der Waals surface area (Å²) in [7, 11) is 1.70. The predicted molar refractivity (Wildman–Crippen MR) is 190 cm³/mol. The van der Waals surface area contributed by atoms with Gasteiger partial charge in [0.05, 0.1) is 53.6 Å². The van der Waals surface area contributed by atoms with Gasteiger partial charge in [0.2, 0.25) is 0 Å². The molecule has 2 aliphatic heterocycles. The van der Waals surface area contributed by atoms with Crippen molar-refractivity contribution in [3.05, 3.63) is 111 Å². The number of aromatic nitrogens is 4. The first-order valence-corrected chi connectivity index (χ1v) is 17.7. The molecule has 6 heterocycles. The lowest BCUT2D eigenvalue weighted by Gasteiger charge is -2.39. The van der Waals surface area contributed by atoms with Crippen molar-refractivity contribution in [2.45, 2.75) is 44.2 Å². The third-order valence-corrected chi connectivity index (χ3v) is 11.5. The minimum atomic E-state index is -0.795. The lowest BCUT2D eigenvalue weighted by Crippen LogP contribution is -2.50. The number of aromatic amines is 1. The molecule has 3 aliphatic rings. The van der Waals surface area contributed by atoms with Gasteiger partial charge in [-0.3, -0.25) is 9.78 Å². The fourth-order valence-corrected chi connectivity index (χ4v) is 9.03. The molecule has 13 heteroatoms. The number of morpholine rings is 1. The highest BCUT2D eigenvalue weighted by molar-refractivity contribution is 7.23. The zero-order chi connectivity index (χ0) is 34.9. The van der Waals surface area contributed by atoms with E-state index in [1.165, 1.54) is 34.6 Å². The Morgan fingerprint density at radius 3 is 2.78 bits per heavy atom. The number of ether oxygens (including phenoxy) is 2. The fraction of sp³-hybridized carbons (Fsp3) is 0.289. The molecule has 0 spiro atoms. The van der Waals surface area contributed by atoms with Crippen LogP contribution in [0.1, 0.15) is 57.8 Å². The SMILES string of the molecule is COc1cccc2c1CC[C@@H]2Nc1nccc2cc(-c3c4c(nc(CCc5ccc(F)cc5)c3-c3n[nH]c(=O)o3)[C@@]3(C)COCCN3C4=O)sc12. The number of amides is 1. The summed E-state index contributed by atoms with van der Waals surface area (Å²) >= 11 is 1.51. The number of halogens is 1. The van der Waals surface area contributed by atoms with Crippen LogP contribution in [0.15, 0.2) is 70.0 Å². The Labute approximate surface area is 295 Å². The second-order valence-electron chi connectivity index (χ2n) is 13.3. The van der Waals surface area contributed by atoms with Gasteiger partial charge in [-0.1, -0.05) is 24.3 Å². The minimum Gasteiger partial charge on any atom is -0.496 e. The van der Waals surface area contributed by atoms with Crippen molar-refractivity contribution in [1.82, 2.24) is 25.1 Å². The van der Waals surface area contributed by atoms with E-state index in [0.717, 1.165) is 44.9 Å². The maximum atomic E-state index is 14.5. The number of fused-ring (bicyclic) bond motifs is 5. The molecule has 51 heavy (non-hydrogen) atoms. The molecule has 2 atom stereocenters. The first-order valence-electron chi connectivity index (χ1n) is 16.9. The molecule has 1 amide bonds. The number of benzene rings is 2. The van der Waals surface area contributed by atoms with E-state index in [-0.39, 0.29) is 23.7 Å². The number of H-pyrrole nitrogens is 1. The van der Waals surface area contributed by atoms with Gasteiger partial charge in [0.15, 0.2) is 0 Å². The maximum Gasteiger partial charge on any atom is 0.434 e. The van der Waals surface area contributed by atoms with Crippen LogP contribution >= 0.6 is 11.3 Å². The average Bonchev–Trinajstić information content (AvgIpc) is 3.92. The average molecular weight is 705 g/mol. The molecule has 258 valence electrons. The summed E-state index contributed by atoms with van der Waals surface area (Å²) in [5, 5.41) is 11.3. The second kappa shape index (κ2) is 12.1. The molecule has 11 nitrogen and oxygen atoms in total. The fourth-order valence-electron chi connectivity index (χ4n) is 7.87. The first kappa shape index (κ1) is 31.6. The first-order chi connectivity index (χ1) is 24.8. The van der Waals surface area contributed by atoms with E-state index >= 15 is 0 Å². The zero-order valence-corrected chi connectivity index (χ0v) is 28.7. The van der Waals surface area contributed by atoms with Crippen molar-refractivity contribution in [3.63, 3.8) is 0 Å². The minimum absolute atomic E-state index is 0.0453. The second-order valence-corrected chi connectivity index (χ2v) is 14.4. The van der Waals surface area contributed by atoms with Gasteiger partial charge >= 0.3 is 5.76 Å². The molecule has 2 aromatic carbocycles. The van der Waals surface area contributed by atoms with E-state index in [2.05, 4.69) is 27.6 Å². The van der Waals surface area contributed by atoms with E-state index in [9.17, 15) is 14.0 Å². The third-order valence-electron chi connectivity index (χ3n) is 10.3. The van der Waals surface area contributed by atoms with E-state index in [4.69, 9.17) is 23.9 Å². The summed E-state index contributed by atoms with van der Waals surface area (Å²) in [4.78, 5) is 39.5. The van der Waals surface area contributed by atoms with Crippen LogP contribution in [0.4, 0.5) is 10.2 Å². The monoisotopic (exact) mass is 704 g/mol. The Morgan fingerprint density at radius 2 is 1.98 bits per heavy atom. The van der Waals surface area contributed by atoms with Crippen LogP contribution in [0, 0.1) is 5.82 Å². The largest absolute Gasteiger partial charge is 0.496 e. The number of pyridine rings is 2. The molecule has 1 aliphatic carbocycles. The van der Waals surface area contributed by atoms with Crippen molar-refractivity contribution >= 4 is 33.1 Å². The Hall–Kier alpha value is -5.40. The number of nitrogens with one attached hydrogen (secondary N) is 2. The summed E-state index contributed by atoms with van der Waals surface area (Å²) in [6, 6.07) is 16.5. The van der Waals surface area contributed by atoms with Crippen LogP contribution in [0.2, 0.25) is 0 Å². The summed E-state index contributed by atoms with van der Waals surface area (Å²) in [6.45, 7) is 3.12. The predicted octanol–water partition coefficient (Wildman–Crippen LogP) is 6.44.